The van der Waals surface area contributed by atoms with Gasteiger partial charge in [-0.25, -0.2) is 23.1 Å². The molecular weight excluding hydrogens is 396 g/mol. The Morgan fingerprint density at radius 2 is 2.00 bits per heavy atom. The van der Waals surface area contributed by atoms with Gasteiger partial charge in [-0.2, -0.15) is 10.2 Å². The van der Waals surface area contributed by atoms with Crippen LogP contribution in [0.4, 0.5) is 11.6 Å². The number of anilines is 1. The number of hydrogen-bond donors (Lipinski definition) is 2. The molecule has 1 amide bonds. The van der Waals surface area contributed by atoms with Crippen LogP contribution in [-0.4, -0.2) is 34.0 Å². The summed E-state index contributed by atoms with van der Waals surface area (Å²) in [6, 6.07) is 7.36. The number of carbonyl (C=O) groups excluding carboxylic acids is 1. The molecule has 0 unspecified atom stereocenters. The van der Waals surface area contributed by atoms with Gasteiger partial charge in [0.05, 0.1) is 10.6 Å². The number of thioether (sulfide) groups is 1. The Kier molecular flexibility index (Phi) is 5.25. The first-order valence-corrected chi connectivity index (χ1v) is 9.95. The smallest absolute Gasteiger partial charge is 0.264 e. The molecule has 1 aromatic carbocycles. The van der Waals surface area contributed by atoms with E-state index in [1.54, 1.807) is 13.0 Å². The number of sulfonamides is 1. The Hall–Kier alpha value is -2.44. The molecule has 1 saturated heterocycles. The molecule has 1 aliphatic rings. The Labute approximate surface area is 158 Å². The average molecular weight is 408 g/mol. The van der Waals surface area contributed by atoms with Crippen LogP contribution in [0, 0.1) is 6.92 Å². The molecule has 1 atom stereocenters. The van der Waals surface area contributed by atoms with E-state index in [1.165, 1.54) is 30.5 Å². The summed E-state index contributed by atoms with van der Waals surface area (Å²) in [5.41, 5.74) is 1.05. The van der Waals surface area contributed by atoms with Crippen molar-refractivity contribution in [1.82, 2.24) is 15.3 Å². The summed E-state index contributed by atoms with van der Waals surface area (Å²) in [7, 11) is -3.83. The standard InChI is InChI=1S/C14H12N6O3S3/c1-8-6-7-15-13(16-8)20-26(22,23)10-4-2-9(3-5-10)18-19-12-11(21)17-14(24)25-12/h2-7,12H,1H3,(H,15,16,20)(H,17,21,24)/t12-/m0/s1. The third-order valence-electron chi connectivity index (χ3n) is 3.11. The summed E-state index contributed by atoms with van der Waals surface area (Å²) in [5.74, 6) is -0.334. The molecule has 0 saturated carbocycles. The lowest BCUT2D eigenvalue weighted by atomic mass is 10.3. The van der Waals surface area contributed by atoms with Crippen LogP contribution in [0.3, 0.4) is 0 Å². The van der Waals surface area contributed by atoms with Gasteiger partial charge in [0, 0.05) is 11.9 Å². The SMILES string of the molecule is Cc1ccnc(NS(=O)(=O)c2ccc(N=N[C@H]3SC(=S)NC3=O)cc2)n1. The maximum Gasteiger partial charge on any atom is 0.264 e. The molecule has 2 aromatic rings. The van der Waals surface area contributed by atoms with Gasteiger partial charge in [0.1, 0.15) is 4.32 Å². The molecule has 134 valence electrons. The van der Waals surface area contributed by atoms with Crippen molar-refractivity contribution in [2.24, 2.45) is 10.2 Å². The average Bonchev–Trinajstić information content (AvgIpc) is 2.90. The minimum Gasteiger partial charge on any atom is -0.309 e. The molecule has 12 heteroatoms. The summed E-state index contributed by atoms with van der Waals surface area (Å²) in [6.45, 7) is 1.73. The van der Waals surface area contributed by atoms with Gasteiger partial charge >= 0.3 is 0 Å². The largest absolute Gasteiger partial charge is 0.309 e. The highest BCUT2D eigenvalue weighted by molar-refractivity contribution is 8.24. The van der Waals surface area contributed by atoms with E-state index >= 15 is 0 Å². The number of nitrogens with one attached hydrogen (secondary N) is 2. The lowest BCUT2D eigenvalue weighted by molar-refractivity contribution is -0.118. The Morgan fingerprint density at radius 3 is 2.62 bits per heavy atom. The lowest BCUT2D eigenvalue weighted by Crippen LogP contribution is -2.22. The van der Waals surface area contributed by atoms with Crippen LogP contribution < -0.4 is 10.0 Å². The molecule has 1 aliphatic heterocycles. The number of amides is 1. The maximum atomic E-state index is 12.4. The van der Waals surface area contributed by atoms with Crippen LogP contribution in [0.5, 0.6) is 0 Å². The molecule has 3 rings (SSSR count). The van der Waals surface area contributed by atoms with Crippen molar-refractivity contribution in [1.29, 1.82) is 0 Å². The summed E-state index contributed by atoms with van der Waals surface area (Å²) < 4.78 is 27.4. The Morgan fingerprint density at radius 1 is 1.27 bits per heavy atom. The van der Waals surface area contributed by atoms with E-state index in [1.807, 2.05) is 0 Å². The molecule has 0 aliphatic carbocycles. The van der Waals surface area contributed by atoms with Crippen LogP contribution in [0.15, 0.2) is 51.7 Å². The molecule has 1 fully saturated rings. The fraction of sp³-hybridized carbons (Fsp3) is 0.143. The van der Waals surface area contributed by atoms with Gasteiger partial charge in [0.15, 0.2) is 0 Å². The highest BCUT2D eigenvalue weighted by Crippen LogP contribution is 2.24. The topological polar surface area (TPSA) is 126 Å². The number of benzene rings is 1. The van der Waals surface area contributed by atoms with Gasteiger partial charge < -0.3 is 5.32 Å². The molecular formula is C14H12N6O3S3. The van der Waals surface area contributed by atoms with E-state index in [2.05, 4.69) is 30.2 Å². The van der Waals surface area contributed by atoms with Crippen LogP contribution >= 0.6 is 24.0 Å². The number of hydrogen-bond acceptors (Lipinski definition) is 9. The van der Waals surface area contributed by atoms with Gasteiger partial charge in [0.25, 0.3) is 15.9 Å². The Balaban J connectivity index is 1.72. The number of rotatable bonds is 5. The van der Waals surface area contributed by atoms with E-state index in [-0.39, 0.29) is 16.8 Å². The molecule has 9 nitrogen and oxygen atoms in total. The van der Waals surface area contributed by atoms with Crippen LogP contribution in [0.1, 0.15) is 5.69 Å². The quantitative estimate of drug-likeness (QED) is 0.573. The first-order chi connectivity index (χ1) is 12.3. The first kappa shape index (κ1) is 18.4. The highest BCUT2D eigenvalue weighted by atomic mass is 32.2. The highest BCUT2D eigenvalue weighted by Gasteiger charge is 2.28. The van der Waals surface area contributed by atoms with Crippen molar-refractivity contribution < 1.29 is 13.2 Å². The monoisotopic (exact) mass is 408 g/mol. The zero-order chi connectivity index (χ0) is 18.7. The molecule has 1 aromatic heterocycles. The third-order valence-corrected chi connectivity index (χ3v) is 5.70. The lowest BCUT2D eigenvalue weighted by Gasteiger charge is -2.07. The Bertz CT molecular complexity index is 991. The predicted molar refractivity (Wildman–Crippen MR) is 101 cm³/mol. The second-order valence-electron chi connectivity index (χ2n) is 5.08. The van der Waals surface area contributed by atoms with Crippen molar-refractivity contribution in [3.05, 3.63) is 42.2 Å². The molecule has 0 radical (unpaired) electrons. The van der Waals surface area contributed by atoms with Crippen LogP contribution in [0.25, 0.3) is 0 Å². The predicted octanol–water partition coefficient (Wildman–Crippen LogP) is 2.14. The van der Waals surface area contributed by atoms with Gasteiger partial charge in [-0.05, 0) is 37.3 Å². The van der Waals surface area contributed by atoms with Crippen molar-refractivity contribution in [2.75, 3.05) is 4.72 Å². The van der Waals surface area contributed by atoms with E-state index in [4.69, 9.17) is 12.2 Å². The minimum absolute atomic E-state index is 0.00555. The van der Waals surface area contributed by atoms with Crippen molar-refractivity contribution in [3.63, 3.8) is 0 Å². The maximum absolute atomic E-state index is 12.4. The first-order valence-electron chi connectivity index (χ1n) is 7.18. The number of nitrogens with zero attached hydrogens (tertiary/aromatic N) is 4. The molecule has 0 spiro atoms. The number of aromatic nitrogens is 2. The summed E-state index contributed by atoms with van der Waals surface area (Å²) in [4.78, 5) is 19.4. The van der Waals surface area contributed by atoms with Crippen LogP contribution in [0.2, 0.25) is 0 Å². The van der Waals surface area contributed by atoms with E-state index in [0.29, 0.717) is 15.7 Å². The zero-order valence-electron chi connectivity index (χ0n) is 13.3. The fourth-order valence-corrected chi connectivity index (χ4v) is 3.86. The van der Waals surface area contributed by atoms with Gasteiger partial charge in [-0.15, -0.1) is 0 Å². The normalized spacial score (nSPS) is 17.5. The zero-order valence-corrected chi connectivity index (χ0v) is 15.7. The summed E-state index contributed by atoms with van der Waals surface area (Å²) in [6.07, 6.45) is 1.46. The summed E-state index contributed by atoms with van der Waals surface area (Å²) >= 11 is 5.96. The number of azo groups is 1. The van der Waals surface area contributed by atoms with Gasteiger partial charge in [-0.3, -0.25) is 4.79 Å². The van der Waals surface area contributed by atoms with Crippen molar-refractivity contribution in [3.8, 4) is 0 Å². The molecule has 0 bridgehead atoms. The molecule has 2 heterocycles. The number of carbonyl (C=O) groups is 1. The minimum atomic E-state index is -3.83. The van der Waals surface area contributed by atoms with Crippen molar-refractivity contribution >= 4 is 55.9 Å². The second-order valence-corrected chi connectivity index (χ2v) is 8.52. The molecule has 2 N–H and O–H groups in total. The van der Waals surface area contributed by atoms with Crippen molar-refractivity contribution in [2.45, 2.75) is 17.2 Å². The third kappa shape index (κ3) is 4.39. The second kappa shape index (κ2) is 7.43. The van der Waals surface area contributed by atoms with Crippen LogP contribution in [-0.2, 0) is 14.8 Å². The molecule has 26 heavy (non-hydrogen) atoms. The van der Waals surface area contributed by atoms with E-state index in [0.717, 1.165) is 11.8 Å². The number of thiocarbonyl (C=S) groups is 1. The fourth-order valence-electron chi connectivity index (χ4n) is 1.91. The van der Waals surface area contributed by atoms with Gasteiger partial charge in [0.2, 0.25) is 11.3 Å². The van der Waals surface area contributed by atoms with E-state index < -0.39 is 15.4 Å². The van der Waals surface area contributed by atoms with E-state index in [9.17, 15) is 13.2 Å². The van der Waals surface area contributed by atoms with Gasteiger partial charge in [-0.1, -0.05) is 24.0 Å². The summed E-state index contributed by atoms with van der Waals surface area (Å²) in [5, 5.41) is 9.56. The number of aryl methyl sites for hydroxylation is 1.